The van der Waals surface area contributed by atoms with Crippen LogP contribution in [0.3, 0.4) is 0 Å². The minimum absolute atomic E-state index is 0.0502. The summed E-state index contributed by atoms with van der Waals surface area (Å²) in [5.74, 6) is 0.0490. The molecule has 1 amide bonds. The smallest absolute Gasteiger partial charge is 0.251 e. The zero-order chi connectivity index (χ0) is 12.0. The summed E-state index contributed by atoms with van der Waals surface area (Å²) in [5, 5.41) is 8.82. The van der Waals surface area contributed by atoms with Crippen molar-refractivity contribution in [2.45, 2.75) is 26.8 Å². The van der Waals surface area contributed by atoms with Crippen LogP contribution in [-0.4, -0.2) is 41.7 Å². The van der Waals surface area contributed by atoms with Crippen LogP contribution in [0, 0.1) is 5.92 Å². The van der Waals surface area contributed by atoms with Crippen molar-refractivity contribution < 1.29 is 9.90 Å². The molecular weight excluding hydrogens is 192 g/mol. The molecule has 0 aliphatic carbocycles. The van der Waals surface area contributed by atoms with E-state index in [4.69, 9.17) is 10.8 Å². The first-order valence-electron chi connectivity index (χ1n) is 5.27. The molecule has 0 aromatic rings. The van der Waals surface area contributed by atoms with Gasteiger partial charge in [0.2, 0.25) is 0 Å². The number of aliphatic hydroxyl groups excluding tert-OH is 1. The molecule has 88 valence electrons. The van der Waals surface area contributed by atoms with Crippen molar-refractivity contribution in [1.29, 1.82) is 0 Å². The summed E-state index contributed by atoms with van der Waals surface area (Å²) in [6.07, 6.45) is 0. The lowest BCUT2D eigenvalue weighted by molar-refractivity contribution is -0.128. The predicted octanol–water partition coefficient (Wildman–Crippen LogP) is 0.367. The van der Waals surface area contributed by atoms with Gasteiger partial charge in [0.25, 0.3) is 5.91 Å². The molecule has 0 aromatic heterocycles. The van der Waals surface area contributed by atoms with Crippen LogP contribution in [0.25, 0.3) is 0 Å². The normalized spacial score (nSPS) is 14.5. The van der Waals surface area contributed by atoms with Gasteiger partial charge < -0.3 is 15.7 Å². The van der Waals surface area contributed by atoms with Crippen molar-refractivity contribution in [3.63, 3.8) is 0 Å². The number of nitrogens with zero attached hydrogens (tertiary/aromatic N) is 1. The molecule has 0 saturated carbocycles. The number of carbonyl (C=O) groups is 1. The summed E-state index contributed by atoms with van der Waals surface area (Å²) < 4.78 is 0. The largest absolute Gasteiger partial charge is 0.391 e. The van der Waals surface area contributed by atoms with Crippen molar-refractivity contribution in [2.75, 3.05) is 19.7 Å². The summed E-state index contributed by atoms with van der Waals surface area (Å²) in [5.41, 5.74) is 5.97. The molecule has 0 spiro atoms. The van der Waals surface area contributed by atoms with E-state index in [1.54, 1.807) is 4.90 Å². The minimum atomic E-state index is -0.290. The van der Waals surface area contributed by atoms with Crippen molar-refractivity contribution in [3.8, 4) is 0 Å². The Bertz CT molecular complexity index is 227. The molecule has 2 atom stereocenters. The van der Waals surface area contributed by atoms with Gasteiger partial charge in [0, 0.05) is 24.7 Å². The molecule has 1 unspecified atom stereocenters. The molecule has 0 rings (SSSR count). The highest BCUT2D eigenvalue weighted by atomic mass is 16.3. The van der Waals surface area contributed by atoms with Crippen LogP contribution in [0.1, 0.15) is 20.8 Å². The van der Waals surface area contributed by atoms with E-state index in [9.17, 15) is 4.79 Å². The fourth-order valence-corrected chi connectivity index (χ4v) is 1.16. The van der Waals surface area contributed by atoms with E-state index in [0.29, 0.717) is 13.1 Å². The van der Waals surface area contributed by atoms with Crippen molar-refractivity contribution >= 4 is 5.91 Å². The molecule has 4 nitrogen and oxygen atoms in total. The van der Waals surface area contributed by atoms with Crippen LogP contribution in [0.2, 0.25) is 0 Å². The van der Waals surface area contributed by atoms with E-state index >= 15 is 0 Å². The quantitative estimate of drug-likeness (QED) is 0.628. The summed E-state index contributed by atoms with van der Waals surface area (Å²) in [6, 6.07) is 0.0502. The second-order valence-electron chi connectivity index (χ2n) is 3.94. The molecule has 0 bridgehead atoms. The van der Waals surface area contributed by atoms with Crippen LogP contribution in [0.4, 0.5) is 0 Å². The number of likely N-dealkylation sites (N-methyl/N-ethyl adjacent to an activating group) is 1. The van der Waals surface area contributed by atoms with Gasteiger partial charge in [-0.15, -0.1) is 0 Å². The van der Waals surface area contributed by atoms with Crippen molar-refractivity contribution in [1.82, 2.24) is 4.90 Å². The average Bonchev–Trinajstić information content (AvgIpc) is 2.23. The van der Waals surface area contributed by atoms with E-state index in [1.165, 1.54) is 0 Å². The summed E-state index contributed by atoms with van der Waals surface area (Å²) >= 11 is 0. The highest BCUT2D eigenvalue weighted by Crippen LogP contribution is 2.06. The highest BCUT2D eigenvalue weighted by molar-refractivity contribution is 5.93. The maximum absolute atomic E-state index is 11.7. The predicted molar refractivity (Wildman–Crippen MR) is 61.3 cm³/mol. The highest BCUT2D eigenvalue weighted by Gasteiger charge is 2.18. The molecule has 0 radical (unpaired) electrons. The summed E-state index contributed by atoms with van der Waals surface area (Å²) in [4.78, 5) is 13.3. The van der Waals surface area contributed by atoms with E-state index in [2.05, 4.69) is 6.58 Å². The van der Waals surface area contributed by atoms with E-state index in [0.717, 1.165) is 0 Å². The zero-order valence-corrected chi connectivity index (χ0v) is 9.86. The number of hydrogen-bond donors (Lipinski definition) is 2. The lowest BCUT2D eigenvalue weighted by Gasteiger charge is -2.26. The second-order valence-corrected chi connectivity index (χ2v) is 3.94. The standard InChI is InChI=1S/C11H22N2O2/c1-5-13(6-8(2)10(4)12)11(15)9(3)7-14/h8,10,14H,3,5-7,12H2,1-2,4H3/t8?,10-/m1/s1. The van der Waals surface area contributed by atoms with Gasteiger partial charge in [-0.25, -0.2) is 0 Å². The van der Waals surface area contributed by atoms with Crippen LogP contribution < -0.4 is 5.73 Å². The summed E-state index contributed by atoms with van der Waals surface area (Å²) in [6.45, 7) is 10.3. The molecule has 0 heterocycles. The Morgan fingerprint density at radius 1 is 1.53 bits per heavy atom. The molecule has 0 aliphatic heterocycles. The summed E-state index contributed by atoms with van der Waals surface area (Å²) in [7, 11) is 0. The maximum atomic E-state index is 11.7. The Labute approximate surface area is 91.8 Å². The Morgan fingerprint density at radius 2 is 2.07 bits per heavy atom. The zero-order valence-electron chi connectivity index (χ0n) is 9.86. The number of amides is 1. The van der Waals surface area contributed by atoms with Gasteiger partial charge >= 0.3 is 0 Å². The Balaban J connectivity index is 4.37. The fraction of sp³-hybridized carbons (Fsp3) is 0.727. The fourth-order valence-electron chi connectivity index (χ4n) is 1.16. The lowest BCUT2D eigenvalue weighted by atomic mass is 10.0. The third kappa shape index (κ3) is 4.44. The number of nitrogens with two attached hydrogens (primary N) is 1. The monoisotopic (exact) mass is 214 g/mol. The third-order valence-electron chi connectivity index (χ3n) is 2.57. The molecule has 4 heteroatoms. The molecule has 0 aliphatic rings. The molecular formula is C11H22N2O2. The van der Waals surface area contributed by atoms with Crippen LogP contribution >= 0.6 is 0 Å². The molecule has 15 heavy (non-hydrogen) atoms. The average molecular weight is 214 g/mol. The molecule has 0 fully saturated rings. The number of hydrogen-bond acceptors (Lipinski definition) is 3. The number of carbonyl (C=O) groups excluding carboxylic acids is 1. The van der Waals surface area contributed by atoms with Gasteiger partial charge in [0.1, 0.15) is 0 Å². The lowest BCUT2D eigenvalue weighted by Crippen LogP contribution is -2.40. The molecule has 0 saturated heterocycles. The first-order chi connectivity index (χ1) is 6.93. The topological polar surface area (TPSA) is 66.6 Å². The Morgan fingerprint density at radius 3 is 2.40 bits per heavy atom. The van der Waals surface area contributed by atoms with Crippen molar-refractivity contribution in [2.24, 2.45) is 11.7 Å². The Hall–Kier alpha value is -0.870. The van der Waals surface area contributed by atoms with Crippen LogP contribution in [-0.2, 0) is 4.79 Å². The van der Waals surface area contributed by atoms with Gasteiger partial charge in [-0.05, 0) is 19.8 Å². The minimum Gasteiger partial charge on any atom is -0.391 e. The van der Waals surface area contributed by atoms with Gasteiger partial charge in [-0.1, -0.05) is 13.5 Å². The first-order valence-corrected chi connectivity index (χ1v) is 5.27. The number of rotatable bonds is 6. The first kappa shape index (κ1) is 14.1. The van der Waals surface area contributed by atoms with Crippen LogP contribution in [0.5, 0.6) is 0 Å². The van der Waals surface area contributed by atoms with Gasteiger partial charge in [0.15, 0.2) is 0 Å². The Kier molecular flexibility index (Phi) is 6.20. The molecule has 3 N–H and O–H groups in total. The van der Waals surface area contributed by atoms with Gasteiger partial charge in [-0.2, -0.15) is 0 Å². The second kappa shape index (κ2) is 6.58. The van der Waals surface area contributed by atoms with Gasteiger partial charge in [0.05, 0.1) is 6.61 Å². The number of aliphatic hydroxyl groups is 1. The van der Waals surface area contributed by atoms with E-state index < -0.39 is 0 Å². The van der Waals surface area contributed by atoms with Crippen molar-refractivity contribution in [3.05, 3.63) is 12.2 Å². The van der Waals surface area contributed by atoms with Gasteiger partial charge in [-0.3, -0.25) is 4.79 Å². The molecule has 0 aromatic carbocycles. The van der Waals surface area contributed by atoms with Crippen LogP contribution in [0.15, 0.2) is 12.2 Å². The maximum Gasteiger partial charge on any atom is 0.251 e. The SMILES string of the molecule is C=C(CO)C(=O)N(CC)CC(C)[C@@H](C)N. The van der Waals surface area contributed by atoms with E-state index in [1.807, 2.05) is 20.8 Å². The van der Waals surface area contributed by atoms with E-state index in [-0.39, 0.29) is 30.0 Å². The third-order valence-corrected chi connectivity index (χ3v) is 2.57.